The third kappa shape index (κ3) is 2.33. The second-order valence-corrected chi connectivity index (χ2v) is 3.01. The number of benzene rings is 1. The summed E-state index contributed by atoms with van der Waals surface area (Å²) in [6, 6.07) is 3.99. The van der Waals surface area contributed by atoms with Crippen LogP contribution in [0.1, 0.15) is 27.9 Å². The molecule has 0 atom stereocenters. The Morgan fingerprint density at radius 3 is 2.47 bits per heavy atom. The Labute approximate surface area is 96.4 Å². The van der Waals surface area contributed by atoms with Crippen LogP contribution in [0.15, 0.2) is 12.1 Å². The topological polar surface area (TPSA) is 59.3 Å². The minimum absolute atomic E-state index is 0.135. The van der Waals surface area contributed by atoms with Crippen molar-refractivity contribution in [2.75, 3.05) is 14.2 Å². The second-order valence-electron chi connectivity index (χ2n) is 3.01. The van der Waals surface area contributed by atoms with Gasteiger partial charge in [-0.05, 0) is 12.1 Å². The average molecular weight is 241 g/mol. The number of alkyl halides is 2. The van der Waals surface area contributed by atoms with Gasteiger partial charge in [-0.15, -0.1) is 0 Å². The Morgan fingerprint density at radius 2 is 2.06 bits per heavy atom. The first kappa shape index (κ1) is 12.9. The van der Waals surface area contributed by atoms with Crippen LogP contribution in [0.3, 0.4) is 0 Å². The summed E-state index contributed by atoms with van der Waals surface area (Å²) in [4.78, 5) is 11.3. The van der Waals surface area contributed by atoms with Crippen LogP contribution >= 0.6 is 0 Å². The van der Waals surface area contributed by atoms with E-state index >= 15 is 0 Å². The van der Waals surface area contributed by atoms with Crippen molar-refractivity contribution in [3.63, 3.8) is 0 Å². The number of ether oxygens (including phenoxy) is 2. The highest BCUT2D eigenvalue weighted by Gasteiger charge is 2.24. The van der Waals surface area contributed by atoms with E-state index in [2.05, 4.69) is 4.74 Å². The minimum atomic E-state index is -2.91. The molecule has 0 spiro atoms. The van der Waals surface area contributed by atoms with E-state index in [0.29, 0.717) is 0 Å². The number of nitriles is 1. The lowest BCUT2D eigenvalue weighted by atomic mass is 10.0. The van der Waals surface area contributed by atoms with Gasteiger partial charge in [0.2, 0.25) is 0 Å². The van der Waals surface area contributed by atoms with E-state index in [1.54, 1.807) is 6.07 Å². The third-order valence-corrected chi connectivity index (χ3v) is 2.16. The van der Waals surface area contributed by atoms with Crippen LogP contribution in [0.4, 0.5) is 8.78 Å². The van der Waals surface area contributed by atoms with Gasteiger partial charge in [0.1, 0.15) is 11.8 Å². The summed E-state index contributed by atoms with van der Waals surface area (Å²) in [6.07, 6.45) is -2.91. The summed E-state index contributed by atoms with van der Waals surface area (Å²) in [5, 5.41) is 8.87. The Balaban J connectivity index is 3.53. The van der Waals surface area contributed by atoms with Crippen molar-refractivity contribution in [3.8, 4) is 11.8 Å². The maximum Gasteiger partial charge on any atom is 0.339 e. The summed E-state index contributed by atoms with van der Waals surface area (Å²) in [6.45, 7) is 0. The summed E-state index contributed by atoms with van der Waals surface area (Å²) < 4.78 is 34.8. The molecule has 1 aromatic rings. The van der Waals surface area contributed by atoms with Gasteiger partial charge in [-0.1, -0.05) is 0 Å². The van der Waals surface area contributed by atoms with Crippen molar-refractivity contribution < 1.29 is 23.0 Å². The summed E-state index contributed by atoms with van der Waals surface area (Å²) in [5.74, 6) is -0.977. The van der Waals surface area contributed by atoms with E-state index in [0.717, 1.165) is 7.11 Å². The van der Waals surface area contributed by atoms with Gasteiger partial charge in [-0.3, -0.25) is 0 Å². The van der Waals surface area contributed by atoms with Crippen molar-refractivity contribution in [2.24, 2.45) is 0 Å². The van der Waals surface area contributed by atoms with E-state index in [-0.39, 0.29) is 11.3 Å². The van der Waals surface area contributed by atoms with E-state index in [9.17, 15) is 13.6 Å². The minimum Gasteiger partial charge on any atom is -0.496 e. The van der Waals surface area contributed by atoms with Gasteiger partial charge >= 0.3 is 5.97 Å². The SMILES string of the molecule is COC(=O)c1ccc(OC)c(C(F)F)c1C#N. The standard InChI is InChI=1S/C11H9F2NO3/c1-16-8-4-3-6(11(15)17-2)7(5-14)9(8)10(12)13/h3-4,10H,1-2H3. The summed E-state index contributed by atoms with van der Waals surface area (Å²) in [7, 11) is 2.32. The highest BCUT2D eigenvalue weighted by molar-refractivity contribution is 5.93. The fraction of sp³-hybridized carbons (Fsp3) is 0.273. The van der Waals surface area contributed by atoms with E-state index < -0.39 is 23.5 Å². The maximum absolute atomic E-state index is 12.8. The van der Waals surface area contributed by atoms with Gasteiger partial charge in [-0.25, -0.2) is 13.6 Å². The molecule has 0 unspecified atom stereocenters. The van der Waals surface area contributed by atoms with Crippen molar-refractivity contribution >= 4 is 5.97 Å². The van der Waals surface area contributed by atoms with Gasteiger partial charge < -0.3 is 9.47 Å². The van der Waals surface area contributed by atoms with Crippen LogP contribution < -0.4 is 4.74 Å². The van der Waals surface area contributed by atoms with E-state index in [1.807, 2.05) is 0 Å². The fourth-order valence-electron chi connectivity index (χ4n) is 1.40. The zero-order chi connectivity index (χ0) is 13.0. The third-order valence-electron chi connectivity index (χ3n) is 2.16. The highest BCUT2D eigenvalue weighted by Crippen LogP contribution is 2.33. The zero-order valence-corrected chi connectivity index (χ0v) is 9.16. The average Bonchev–Trinajstić information content (AvgIpc) is 2.35. The largest absolute Gasteiger partial charge is 0.496 e. The predicted octanol–water partition coefficient (Wildman–Crippen LogP) is 2.29. The molecule has 1 aromatic carbocycles. The molecule has 0 amide bonds. The van der Waals surface area contributed by atoms with Gasteiger partial charge in [-0.2, -0.15) is 5.26 Å². The molecule has 0 fully saturated rings. The Hall–Kier alpha value is -2.16. The van der Waals surface area contributed by atoms with Gasteiger partial charge in [0.05, 0.1) is 30.9 Å². The summed E-state index contributed by atoms with van der Waals surface area (Å²) >= 11 is 0. The molecule has 0 aliphatic rings. The molecule has 0 heterocycles. The molecule has 90 valence electrons. The number of nitrogens with zero attached hydrogens (tertiary/aromatic N) is 1. The zero-order valence-electron chi connectivity index (χ0n) is 9.16. The molecule has 0 N–H and O–H groups in total. The number of carbonyl (C=O) groups excluding carboxylic acids is 1. The molecule has 0 saturated carbocycles. The quantitative estimate of drug-likeness (QED) is 0.762. The first-order valence-electron chi connectivity index (χ1n) is 4.54. The first-order chi connectivity index (χ1) is 8.06. The van der Waals surface area contributed by atoms with E-state index in [1.165, 1.54) is 19.2 Å². The molecule has 0 aromatic heterocycles. The van der Waals surface area contributed by atoms with Crippen molar-refractivity contribution in [1.29, 1.82) is 5.26 Å². The normalized spacial score (nSPS) is 9.88. The maximum atomic E-state index is 12.8. The smallest absolute Gasteiger partial charge is 0.339 e. The van der Waals surface area contributed by atoms with Crippen LogP contribution in [0.25, 0.3) is 0 Å². The number of hydrogen-bond donors (Lipinski definition) is 0. The number of esters is 1. The van der Waals surface area contributed by atoms with Crippen LogP contribution in [0.5, 0.6) is 5.75 Å². The molecule has 4 nitrogen and oxygen atoms in total. The van der Waals surface area contributed by atoms with Crippen LogP contribution in [-0.4, -0.2) is 20.2 Å². The van der Waals surface area contributed by atoms with Crippen LogP contribution in [0.2, 0.25) is 0 Å². The van der Waals surface area contributed by atoms with Crippen molar-refractivity contribution in [2.45, 2.75) is 6.43 Å². The number of carbonyl (C=O) groups is 1. The lowest BCUT2D eigenvalue weighted by Gasteiger charge is -2.11. The van der Waals surface area contributed by atoms with Gasteiger partial charge in [0.25, 0.3) is 6.43 Å². The number of halogens is 2. The molecular weight excluding hydrogens is 232 g/mol. The van der Waals surface area contributed by atoms with Gasteiger partial charge in [0, 0.05) is 0 Å². The molecule has 0 radical (unpaired) electrons. The lowest BCUT2D eigenvalue weighted by Crippen LogP contribution is -2.08. The Morgan fingerprint density at radius 1 is 1.41 bits per heavy atom. The second kappa shape index (κ2) is 5.25. The van der Waals surface area contributed by atoms with Crippen LogP contribution in [-0.2, 0) is 4.74 Å². The number of methoxy groups -OCH3 is 2. The molecule has 0 saturated heterocycles. The monoisotopic (exact) mass is 241 g/mol. The predicted molar refractivity (Wildman–Crippen MR) is 54.0 cm³/mol. The highest BCUT2D eigenvalue weighted by atomic mass is 19.3. The van der Waals surface area contributed by atoms with Crippen molar-refractivity contribution in [3.05, 3.63) is 28.8 Å². The first-order valence-corrected chi connectivity index (χ1v) is 4.54. The van der Waals surface area contributed by atoms with E-state index in [4.69, 9.17) is 10.00 Å². The Kier molecular flexibility index (Phi) is 3.99. The number of hydrogen-bond acceptors (Lipinski definition) is 4. The molecule has 17 heavy (non-hydrogen) atoms. The Bertz CT molecular complexity index is 480. The van der Waals surface area contributed by atoms with Crippen molar-refractivity contribution in [1.82, 2.24) is 0 Å². The van der Waals surface area contributed by atoms with Crippen LogP contribution in [0, 0.1) is 11.3 Å². The molecule has 6 heteroatoms. The lowest BCUT2D eigenvalue weighted by molar-refractivity contribution is 0.0599. The number of rotatable bonds is 3. The fourth-order valence-corrected chi connectivity index (χ4v) is 1.40. The molecule has 1 rings (SSSR count). The summed E-state index contributed by atoms with van der Waals surface area (Å²) in [5.41, 5.74) is -1.23. The molecule has 0 aliphatic carbocycles. The molecular formula is C11H9F2NO3. The molecule has 0 aliphatic heterocycles. The molecule has 0 bridgehead atoms. The van der Waals surface area contributed by atoms with Gasteiger partial charge in [0.15, 0.2) is 0 Å².